The predicted octanol–water partition coefficient (Wildman–Crippen LogP) is 2.69. The zero-order valence-corrected chi connectivity index (χ0v) is 12.6. The smallest absolute Gasteiger partial charge is 0.180 e. The molecule has 2 aromatic heterocycles. The number of hydrogen-bond donors (Lipinski definition) is 1. The van der Waals surface area contributed by atoms with Gasteiger partial charge in [-0.15, -0.1) is 6.42 Å². The van der Waals surface area contributed by atoms with Crippen LogP contribution >= 0.6 is 0 Å². The Balaban J connectivity index is 1.55. The van der Waals surface area contributed by atoms with Gasteiger partial charge in [0.15, 0.2) is 5.65 Å². The number of anilines is 1. The molecule has 23 heavy (non-hydrogen) atoms. The van der Waals surface area contributed by atoms with Crippen LogP contribution in [0.2, 0.25) is 0 Å². The van der Waals surface area contributed by atoms with Gasteiger partial charge in [0, 0.05) is 18.9 Å². The molecule has 0 aliphatic carbocycles. The van der Waals surface area contributed by atoms with E-state index in [1.165, 1.54) is 5.56 Å². The van der Waals surface area contributed by atoms with E-state index in [2.05, 4.69) is 26.2 Å². The van der Waals surface area contributed by atoms with Gasteiger partial charge in [0.2, 0.25) is 0 Å². The zero-order valence-electron chi connectivity index (χ0n) is 12.6. The van der Waals surface area contributed by atoms with E-state index in [1.54, 1.807) is 12.4 Å². The second-order valence-electron chi connectivity index (χ2n) is 4.91. The summed E-state index contributed by atoms with van der Waals surface area (Å²) in [6, 6.07) is 11.7. The summed E-state index contributed by atoms with van der Waals surface area (Å²) in [5, 5.41) is 3.30. The Bertz CT molecular complexity index is 824. The van der Waals surface area contributed by atoms with Crippen LogP contribution in [-0.2, 0) is 6.42 Å². The van der Waals surface area contributed by atoms with Gasteiger partial charge in [-0.1, -0.05) is 18.1 Å². The molecule has 0 saturated heterocycles. The summed E-state index contributed by atoms with van der Waals surface area (Å²) < 4.78 is 5.35. The number of aromatic nitrogens is 3. The van der Waals surface area contributed by atoms with E-state index in [4.69, 9.17) is 11.2 Å². The number of hydrogen-bond acceptors (Lipinski definition) is 5. The third-order valence-corrected chi connectivity index (χ3v) is 3.30. The van der Waals surface area contributed by atoms with Gasteiger partial charge in [0.05, 0.1) is 0 Å². The molecule has 0 aliphatic rings. The van der Waals surface area contributed by atoms with Crippen LogP contribution in [0.15, 0.2) is 48.8 Å². The molecule has 5 nitrogen and oxygen atoms in total. The standard InChI is InChI=1S/C18H16N4O/c1-2-13-23-15-5-3-14(4-6-15)9-10-20-17-8-7-16-18(22-17)21-12-11-19-16/h1,3-8,11-12H,9-10,13H2,(H,20,21,22). The maximum atomic E-state index is 5.35. The number of benzene rings is 1. The van der Waals surface area contributed by atoms with Gasteiger partial charge in [0.25, 0.3) is 0 Å². The Hall–Kier alpha value is -3.13. The molecule has 1 aromatic carbocycles. The first-order valence-electron chi connectivity index (χ1n) is 7.32. The van der Waals surface area contributed by atoms with Crippen molar-refractivity contribution < 1.29 is 4.74 Å². The second kappa shape index (κ2) is 7.23. The van der Waals surface area contributed by atoms with Crippen molar-refractivity contribution >= 4 is 17.0 Å². The van der Waals surface area contributed by atoms with E-state index in [0.717, 1.165) is 30.0 Å². The van der Waals surface area contributed by atoms with Gasteiger partial charge in [-0.05, 0) is 36.2 Å². The highest BCUT2D eigenvalue weighted by atomic mass is 16.5. The minimum absolute atomic E-state index is 0.289. The van der Waals surface area contributed by atoms with E-state index in [-0.39, 0.29) is 6.61 Å². The van der Waals surface area contributed by atoms with E-state index < -0.39 is 0 Å². The van der Waals surface area contributed by atoms with E-state index in [1.807, 2.05) is 36.4 Å². The fraction of sp³-hybridized carbons (Fsp3) is 0.167. The molecule has 0 radical (unpaired) electrons. The molecule has 3 aromatic rings. The van der Waals surface area contributed by atoms with Gasteiger partial charge < -0.3 is 10.1 Å². The lowest BCUT2D eigenvalue weighted by Gasteiger charge is -2.07. The van der Waals surface area contributed by atoms with Crippen molar-refractivity contribution in [1.29, 1.82) is 0 Å². The Morgan fingerprint density at radius 2 is 1.87 bits per heavy atom. The number of pyridine rings is 1. The molecule has 2 heterocycles. The van der Waals surface area contributed by atoms with Gasteiger partial charge in [-0.3, -0.25) is 4.98 Å². The van der Waals surface area contributed by atoms with Crippen molar-refractivity contribution in [3.05, 3.63) is 54.4 Å². The minimum Gasteiger partial charge on any atom is -0.481 e. The lowest BCUT2D eigenvalue weighted by molar-refractivity contribution is 0.370. The van der Waals surface area contributed by atoms with Gasteiger partial charge in [0.1, 0.15) is 23.7 Å². The summed E-state index contributed by atoms with van der Waals surface area (Å²) in [6.07, 6.45) is 9.35. The van der Waals surface area contributed by atoms with Crippen LogP contribution in [0.4, 0.5) is 5.82 Å². The minimum atomic E-state index is 0.289. The molecule has 1 N–H and O–H groups in total. The largest absolute Gasteiger partial charge is 0.481 e. The average Bonchev–Trinajstić information content (AvgIpc) is 2.61. The normalized spacial score (nSPS) is 10.2. The summed E-state index contributed by atoms with van der Waals surface area (Å²) in [4.78, 5) is 12.8. The van der Waals surface area contributed by atoms with E-state index in [9.17, 15) is 0 Å². The molecule has 0 spiro atoms. The molecule has 0 aliphatic heterocycles. The van der Waals surface area contributed by atoms with Gasteiger partial charge in [-0.2, -0.15) is 0 Å². The number of rotatable bonds is 6. The van der Waals surface area contributed by atoms with Crippen molar-refractivity contribution in [3.63, 3.8) is 0 Å². The van der Waals surface area contributed by atoms with Crippen LogP contribution in [0, 0.1) is 12.3 Å². The van der Waals surface area contributed by atoms with Crippen molar-refractivity contribution in [2.75, 3.05) is 18.5 Å². The van der Waals surface area contributed by atoms with Crippen LogP contribution in [0.25, 0.3) is 11.2 Å². The summed E-state index contributed by atoms with van der Waals surface area (Å²) in [5.74, 6) is 4.03. The average molecular weight is 304 g/mol. The number of ether oxygens (including phenoxy) is 1. The molecule has 0 atom stereocenters. The highest BCUT2D eigenvalue weighted by Crippen LogP contribution is 2.13. The maximum absolute atomic E-state index is 5.35. The van der Waals surface area contributed by atoms with E-state index >= 15 is 0 Å². The first kappa shape index (κ1) is 14.8. The SMILES string of the molecule is C#CCOc1ccc(CCNc2ccc3nccnc3n2)cc1. The third-order valence-electron chi connectivity index (χ3n) is 3.30. The number of fused-ring (bicyclic) bond motifs is 1. The zero-order chi connectivity index (χ0) is 15.9. The van der Waals surface area contributed by atoms with Crippen LogP contribution in [0.3, 0.4) is 0 Å². The quantitative estimate of drug-likeness (QED) is 0.710. The Kier molecular flexibility index (Phi) is 4.65. The fourth-order valence-electron chi connectivity index (χ4n) is 2.17. The molecule has 0 bridgehead atoms. The molecule has 5 heteroatoms. The Morgan fingerprint density at radius 3 is 2.70 bits per heavy atom. The summed E-state index contributed by atoms with van der Waals surface area (Å²) in [7, 11) is 0. The Labute approximate surface area is 134 Å². The second-order valence-corrected chi connectivity index (χ2v) is 4.91. The molecule has 3 rings (SSSR count). The number of nitrogens with zero attached hydrogens (tertiary/aromatic N) is 3. The fourth-order valence-corrected chi connectivity index (χ4v) is 2.17. The first-order chi connectivity index (χ1) is 11.3. The molecule has 0 fully saturated rings. The van der Waals surface area contributed by atoms with Crippen molar-refractivity contribution in [2.45, 2.75) is 6.42 Å². The molecular formula is C18H16N4O. The van der Waals surface area contributed by atoms with Crippen molar-refractivity contribution in [1.82, 2.24) is 15.0 Å². The summed E-state index contributed by atoms with van der Waals surface area (Å²) >= 11 is 0. The van der Waals surface area contributed by atoms with Crippen LogP contribution in [0.1, 0.15) is 5.56 Å². The Morgan fingerprint density at radius 1 is 1.04 bits per heavy atom. The van der Waals surface area contributed by atoms with Crippen LogP contribution in [-0.4, -0.2) is 28.1 Å². The van der Waals surface area contributed by atoms with Gasteiger partial charge >= 0.3 is 0 Å². The molecule has 0 amide bonds. The molecule has 114 valence electrons. The number of nitrogens with one attached hydrogen (secondary N) is 1. The summed E-state index contributed by atoms with van der Waals surface area (Å²) in [6.45, 7) is 1.07. The molecular weight excluding hydrogens is 288 g/mol. The predicted molar refractivity (Wildman–Crippen MR) is 90.3 cm³/mol. The molecule has 0 unspecified atom stereocenters. The summed E-state index contributed by atoms with van der Waals surface area (Å²) in [5.41, 5.74) is 2.65. The lowest BCUT2D eigenvalue weighted by Crippen LogP contribution is -2.06. The monoisotopic (exact) mass is 304 g/mol. The van der Waals surface area contributed by atoms with Crippen LogP contribution < -0.4 is 10.1 Å². The van der Waals surface area contributed by atoms with Crippen LogP contribution in [0.5, 0.6) is 5.75 Å². The topological polar surface area (TPSA) is 59.9 Å². The van der Waals surface area contributed by atoms with Crippen molar-refractivity contribution in [3.8, 4) is 18.1 Å². The number of terminal acetylenes is 1. The lowest BCUT2D eigenvalue weighted by atomic mass is 10.1. The highest BCUT2D eigenvalue weighted by molar-refractivity contribution is 5.71. The highest BCUT2D eigenvalue weighted by Gasteiger charge is 2.00. The van der Waals surface area contributed by atoms with Gasteiger partial charge in [-0.25, -0.2) is 9.97 Å². The first-order valence-corrected chi connectivity index (χ1v) is 7.32. The maximum Gasteiger partial charge on any atom is 0.180 e. The van der Waals surface area contributed by atoms with E-state index in [0.29, 0.717) is 5.65 Å². The van der Waals surface area contributed by atoms with Crippen molar-refractivity contribution in [2.24, 2.45) is 0 Å². The third kappa shape index (κ3) is 3.95. The molecule has 0 saturated carbocycles.